The maximum atomic E-state index is 13.1. The molecule has 0 saturated carbocycles. The van der Waals surface area contributed by atoms with Crippen molar-refractivity contribution in [3.05, 3.63) is 54.4 Å². The van der Waals surface area contributed by atoms with Gasteiger partial charge in [0.2, 0.25) is 10.0 Å². The molecule has 190 valence electrons. The van der Waals surface area contributed by atoms with Crippen LogP contribution >= 0.6 is 0 Å². The van der Waals surface area contributed by atoms with Crippen molar-refractivity contribution in [2.75, 3.05) is 70.9 Å². The van der Waals surface area contributed by atoms with Crippen molar-refractivity contribution in [3.8, 4) is 0 Å². The summed E-state index contributed by atoms with van der Waals surface area (Å²) in [5.41, 5.74) is 1.42. The molecule has 0 bridgehead atoms. The van der Waals surface area contributed by atoms with E-state index in [1.54, 1.807) is 47.0 Å². The van der Waals surface area contributed by atoms with Crippen LogP contribution in [0.1, 0.15) is 12.0 Å². The highest BCUT2D eigenvalue weighted by atomic mass is 32.2. The molecular formula is C24H34N6O4S. The molecule has 2 aliphatic rings. The molecule has 3 heterocycles. The summed E-state index contributed by atoms with van der Waals surface area (Å²) >= 11 is 0. The van der Waals surface area contributed by atoms with E-state index in [9.17, 15) is 13.2 Å². The third-order valence-corrected chi connectivity index (χ3v) is 8.22. The van der Waals surface area contributed by atoms with Crippen molar-refractivity contribution < 1.29 is 17.9 Å². The Morgan fingerprint density at radius 1 is 0.943 bits per heavy atom. The number of hydrogen-bond donors (Lipinski definition) is 2. The van der Waals surface area contributed by atoms with Crippen LogP contribution in [0, 0.1) is 0 Å². The topological polar surface area (TPSA) is 107 Å². The molecule has 0 spiro atoms. The van der Waals surface area contributed by atoms with Crippen LogP contribution in [0.3, 0.4) is 0 Å². The van der Waals surface area contributed by atoms with Crippen LogP contribution in [0.4, 0.5) is 10.5 Å². The molecule has 35 heavy (non-hydrogen) atoms. The molecule has 0 radical (unpaired) electrons. The molecule has 11 heteroatoms. The molecule has 2 fully saturated rings. The Labute approximate surface area is 207 Å². The molecule has 2 aliphatic heterocycles. The van der Waals surface area contributed by atoms with Crippen LogP contribution in [0.15, 0.2) is 53.7 Å². The van der Waals surface area contributed by atoms with Gasteiger partial charge in [-0.25, -0.2) is 13.2 Å². The van der Waals surface area contributed by atoms with Crippen LogP contribution < -0.4 is 10.6 Å². The SMILES string of the molecule is O=C(NCc1cccnc1)Nc1ccc(S(=O)(=O)N2CCN(CCCN3CCOCC3)CC2)cc1. The average molecular weight is 503 g/mol. The fourth-order valence-electron chi connectivity index (χ4n) is 4.26. The molecule has 2 amide bonds. The van der Waals surface area contributed by atoms with E-state index in [2.05, 4.69) is 25.4 Å². The highest BCUT2D eigenvalue weighted by Crippen LogP contribution is 2.20. The van der Waals surface area contributed by atoms with Crippen molar-refractivity contribution in [2.45, 2.75) is 17.9 Å². The minimum absolute atomic E-state index is 0.236. The lowest BCUT2D eigenvalue weighted by Crippen LogP contribution is -2.49. The van der Waals surface area contributed by atoms with Crippen molar-refractivity contribution in [2.24, 2.45) is 0 Å². The number of hydrogen-bond acceptors (Lipinski definition) is 7. The van der Waals surface area contributed by atoms with Crippen molar-refractivity contribution in [1.29, 1.82) is 0 Å². The molecule has 2 aromatic rings. The lowest BCUT2D eigenvalue weighted by atomic mass is 10.3. The number of rotatable bonds is 9. The summed E-state index contributed by atoms with van der Waals surface area (Å²) < 4.78 is 33.1. The van der Waals surface area contributed by atoms with Crippen LogP contribution in [0.25, 0.3) is 0 Å². The molecule has 2 saturated heterocycles. The van der Waals surface area contributed by atoms with E-state index in [0.29, 0.717) is 25.3 Å². The Hall–Kier alpha value is -2.57. The summed E-state index contributed by atoms with van der Waals surface area (Å²) in [7, 11) is -3.57. The van der Waals surface area contributed by atoms with Gasteiger partial charge in [-0.2, -0.15) is 4.31 Å². The summed E-state index contributed by atoms with van der Waals surface area (Å²) in [5, 5.41) is 5.48. The van der Waals surface area contributed by atoms with E-state index in [1.807, 2.05) is 6.07 Å². The maximum absolute atomic E-state index is 13.1. The molecule has 0 aliphatic carbocycles. The monoisotopic (exact) mass is 502 g/mol. The fraction of sp³-hybridized carbons (Fsp3) is 0.500. The van der Waals surface area contributed by atoms with Gasteiger partial charge < -0.3 is 20.3 Å². The van der Waals surface area contributed by atoms with Crippen LogP contribution in [-0.2, 0) is 21.3 Å². The first-order valence-electron chi connectivity index (χ1n) is 12.1. The zero-order chi connectivity index (χ0) is 24.5. The third kappa shape index (κ3) is 7.45. The molecule has 10 nitrogen and oxygen atoms in total. The summed E-state index contributed by atoms with van der Waals surface area (Å²) in [5.74, 6) is 0. The Kier molecular flexibility index (Phi) is 9.05. The van der Waals surface area contributed by atoms with E-state index >= 15 is 0 Å². The first-order chi connectivity index (χ1) is 17.0. The maximum Gasteiger partial charge on any atom is 0.319 e. The number of benzene rings is 1. The third-order valence-electron chi connectivity index (χ3n) is 6.31. The van der Waals surface area contributed by atoms with Gasteiger partial charge in [0.15, 0.2) is 0 Å². The highest BCUT2D eigenvalue weighted by molar-refractivity contribution is 7.89. The van der Waals surface area contributed by atoms with Gasteiger partial charge in [0.25, 0.3) is 0 Å². The van der Waals surface area contributed by atoms with Crippen LogP contribution in [0.2, 0.25) is 0 Å². The van der Waals surface area contributed by atoms with E-state index < -0.39 is 10.0 Å². The second-order valence-electron chi connectivity index (χ2n) is 8.75. The number of morpholine rings is 1. The first kappa shape index (κ1) is 25.5. The second kappa shape index (κ2) is 12.4. The average Bonchev–Trinajstić information content (AvgIpc) is 2.89. The number of urea groups is 1. The van der Waals surface area contributed by atoms with E-state index in [1.165, 1.54) is 0 Å². The largest absolute Gasteiger partial charge is 0.379 e. The lowest BCUT2D eigenvalue weighted by Gasteiger charge is -2.34. The summed E-state index contributed by atoms with van der Waals surface area (Å²) in [6.07, 6.45) is 4.44. The number of carbonyl (C=O) groups excluding carboxylic acids is 1. The lowest BCUT2D eigenvalue weighted by molar-refractivity contribution is 0.0356. The Morgan fingerprint density at radius 3 is 2.29 bits per heavy atom. The van der Waals surface area contributed by atoms with Gasteiger partial charge in [-0.05, 0) is 55.4 Å². The molecule has 0 unspecified atom stereocenters. The smallest absolute Gasteiger partial charge is 0.319 e. The van der Waals surface area contributed by atoms with Crippen molar-refractivity contribution >= 4 is 21.7 Å². The number of pyridine rings is 1. The highest BCUT2D eigenvalue weighted by Gasteiger charge is 2.28. The van der Waals surface area contributed by atoms with Crippen LogP contribution in [-0.4, -0.2) is 99.1 Å². The summed E-state index contributed by atoms with van der Waals surface area (Å²) in [6, 6.07) is 9.62. The van der Waals surface area contributed by atoms with E-state index in [-0.39, 0.29) is 10.9 Å². The zero-order valence-electron chi connectivity index (χ0n) is 19.9. The van der Waals surface area contributed by atoms with Gasteiger partial charge in [-0.1, -0.05) is 6.07 Å². The molecule has 1 aromatic carbocycles. The van der Waals surface area contributed by atoms with Gasteiger partial charge in [-0.15, -0.1) is 0 Å². The fourth-order valence-corrected chi connectivity index (χ4v) is 5.68. The zero-order valence-corrected chi connectivity index (χ0v) is 20.8. The normalized spacial score (nSPS) is 18.3. The van der Waals surface area contributed by atoms with E-state index in [4.69, 9.17) is 4.74 Å². The molecular weight excluding hydrogens is 468 g/mol. The van der Waals surface area contributed by atoms with Gasteiger partial charge in [0.05, 0.1) is 18.1 Å². The number of aromatic nitrogens is 1. The van der Waals surface area contributed by atoms with Gasteiger partial charge in [0.1, 0.15) is 0 Å². The van der Waals surface area contributed by atoms with Crippen molar-refractivity contribution in [3.63, 3.8) is 0 Å². The molecule has 0 atom stereocenters. The minimum atomic E-state index is -3.57. The quantitative estimate of drug-likeness (QED) is 0.534. The van der Waals surface area contributed by atoms with Crippen molar-refractivity contribution in [1.82, 2.24) is 24.4 Å². The van der Waals surface area contributed by atoms with Gasteiger partial charge in [-0.3, -0.25) is 9.88 Å². The number of ether oxygens (including phenoxy) is 1. The Bertz CT molecular complexity index is 1040. The standard InChI is InChI=1S/C24H34N6O4S/c31-24(26-20-21-3-1-8-25-19-21)27-22-4-6-23(7-5-22)35(32,33)30-13-11-28(12-14-30)9-2-10-29-15-17-34-18-16-29/h1,3-8,19H,2,9-18,20H2,(H2,26,27,31). The first-order valence-corrected chi connectivity index (χ1v) is 13.5. The molecule has 4 rings (SSSR count). The predicted molar refractivity (Wildman–Crippen MR) is 134 cm³/mol. The number of carbonyl (C=O) groups is 1. The van der Waals surface area contributed by atoms with Gasteiger partial charge in [0, 0.05) is 63.9 Å². The minimum Gasteiger partial charge on any atom is -0.379 e. The van der Waals surface area contributed by atoms with Gasteiger partial charge >= 0.3 is 6.03 Å². The second-order valence-corrected chi connectivity index (χ2v) is 10.7. The number of sulfonamides is 1. The molecule has 1 aromatic heterocycles. The number of piperazine rings is 1. The summed E-state index contributed by atoms with van der Waals surface area (Å²) in [6.45, 7) is 8.45. The Morgan fingerprint density at radius 2 is 1.63 bits per heavy atom. The predicted octanol–water partition coefficient (Wildman–Crippen LogP) is 1.43. The van der Waals surface area contributed by atoms with Crippen LogP contribution in [0.5, 0.6) is 0 Å². The number of amides is 2. The number of nitrogens with zero attached hydrogens (tertiary/aromatic N) is 4. The Balaban J connectivity index is 1.21. The number of nitrogens with one attached hydrogen (secondary N) is 2. The van der Waals surface area contributed by atoms with E-state index in [0.717, 1.165) is 64.5 Å². The molecule has 2 N–H and O–H groups in total. The summed E-state index contributed by atoms with van der Waals surface area (Å²) in [4.78, 5) is 21.1. The number of anilines is 1.